The van der Waals surface area contributed by atoms with Gasteiger partial charge in [-0.15, -0.1) is 0 Å². The van der Waals surface area contributed by atoms with Crippen LogP contribution in [0.2, 0.25) is 0 Å². The molecule has 1 heterocycles. The van der Waals surface area contributed by atoms with Gasteiger partial charge in [0.25, 0.3) is 0 Å². The summed E-state index contributed by atoms with van der Waals surface area (Å²) in [5.74, 6) is 0. The Hall–Kier alpha value is -2.61. The van der Waals surface area contributed by atoms with Crippen LogP contribution in [0.1, 0.15) is 11.1 Å². The van der Waals surface area contributed by atoms with Crippen LogP contribution in [0.15, 0.2) is 82.2 Å². The van der Waals surface area contributed by atoms with E-state index >= 15 is 0 Å². The van der Waals surface area contributed by atoms with Crippen molar-refractivity contribution in [3.8, 4) is 11.1 Å². The molecule has 0 N–H and O–H groups in total. The third-order valence-corrected chi connectivity index (χ3v) is 3.29. The lowest BCUT2D eigenvalue weighted by Gasteiger charge is -2.08. The van der Waals surface area contributed by atoms with Crippen molar-refractivity contribution in [2.75, 3.05) is 0 Å². The summed E-state index contributed by atoms with van der Waals surface area (Å²) in [6.45, 7) is 0. The van der Waals surface area contributed by atoms with Gasteiger partial charge in [0.2, 0.25) is 0 Å². The minimum absolute atomic E-state index is 0.268. The van der Waals surface area contributed by atoms with Crippen molar-refractivity contribution >= 4 is 0 Å². The quantitative estimate of drug-likeness (QED) is 0.716. The highest BCUT2D eigenvalue weighted by molar-refractivity contribution is 5.66. The molecule has 0 radical (unpaired) electrons. The van der Waals surface area contributed by atoms with Gasteiger partial charge in [0.1, 0.15) is 0 Å². The van der Waals surface area contributed by atoms with Gasteiger partial charge in [0.05, 0.1) is 6.26 Å². The van der Waals surface area contributed by atoms with Gasteiger partial charge < -0.3 is 4.42 Å². The second-order valence-electron chi connectivity index (χ2n) is 4.63. The molecule has 0 spiro atoms. The molecule has 3 aromatic rings. The fraction of sp³-hybridized carbons (Fsp3) is 0.0556. The molecule has 1 aromatic heterocycles. The number of rotatable bonds is 3. The minimum atomic E-state index is -0.268. The van der Waals surface area contributed by atoms with Crippen LogP contribution >= 0.6 is 0 Å². The van der Waals surface area contributed by atoms with Gasteiger partial charge in [-0.25, -0.2) is 4.79 Å². The molecule has 2 heteroatoms. The average molecular weight is 262 g/mol. The first-order chi connectivity index (χ1) is 9.84. The Bertz CT molecular complexity index is 743. The second-order valence-corrected chi connectivity index (χ2v) is 4.63. The van der Waals surface area contributed by atoms with E-state index in [4.69, 9.17) is 4.42 Å². The van der Waals surface area contributed by atoms with Gasteiger partial charge in [0, 0.05) is 12.0 Å². The summed E-state index contributed by atoms with van der Waals surface area (Å²) >= 11 is 0. The molecule has 0 bridgehead atoms. The van der Waals surface area contributed by atoms with Crippen LogP contribution < -0.4 is 5.63 Å². The van der Waals surface area contributed by atoms with Crippen LogP contribution in [-0.4, -0.2) is 0 Å². The summed E-state index contributed by atoms with van der Waals surface area (Å²) in [5.41, 5.74) is 3.50. The monoisotopic (exact) mass is 262 g/mol. The maximum atomic E-state index is 12.1. The molecule has 0 saturated carbocycles. The molecule has 20 heavy (non-hydrogen) atoms. The first-order valence-corrected chi connectivity index (χ1v) is 6.54. The van der Waals surface area contributed by atoms with E-state index in [0.29, 0.717) is 12.0 Å². The van der Waals surface area contributed by atoms with Crippen LogP contribution in [-0.2, 0) is 6.42 Å². The third-order valence-electron chi connectivity index (χ3n) is 3.29. The van der Waals surface area contributed by atoms with Gasteiger partial charge in [-0.05, 0) is 22.8 Å². The van der Waals surface area contributed by atoms with Crippen molar-refractivity contribution in [2.24, 2.45) is 0 Å². The van der Waals surface area contributed by atoms with Crippen molar-refractivity contribution in [2.45, 2.75) is 6.42 Å². The number of hydrogen-bond donors (Lipinski definition) is 0. The Labute approximate surface area is 117 Å². The first kappa shape index (κ1) is 12.4. The fourth-order valence-electron chi connectivity index (χ4n) is 2.30. The summed E-state index contributed by atoms with van der Waals surface area (Å²) in [6.07, 6.45) is 2.04. The smallest absolute Gasteiger partial charge is 0.339 e. The van der Waals surface area contributed by atoms with Crippen LogP contribution in [0, 0.1) is 0 Å². The van der Waals surface area contributed by atoms with E-state index in [1.54, 1.807) is 0 Å². The molecule has 0 fully saturated rings. The predicted molar refractivity (Wildman–Crippen MR) is 79.7 cm³/mol. The molecule has 98 valence electrons. The zero-order valence-electron chi connectivity index (χ0n) is 11.0. The summed E-state index contributed by atoms with van der Waals surface area (Å²) in [5, 5.41) is 0. The van der Waals surface area contributed by atoms with E-state index < -0.39 is 0 Å². The van der Waals surface area contributed by atoms with Gasteiger partial charge in [-0.3, -0.25) is 0 Å². The van der Waals surface area contributed by atoms with Crippen molar-refractivity contribution in [1.29, 1.82) is 0 Å². The van der Waals surface area contributed by atoms with E-state index in [-0.39, 0.29) is 5.63 Å². The Balaban J connectivity index is 2.09. The van der Waals surface area contributed by atoms with Crippen molar-refractivity contribution in [1.82, 2.24) is 0 Å². The topological polar surface area (TPSA) is 30.2 Å². The Morgan fingerprint density at radius 2 is 1.45 bits per heavy atom. The largest absolute Gasteiger partial charge is 0.431 e. The summed E-state index contributed by atoms with van der Waals surface area (Å²) < 4.78 is 5.04. The lowest BCUT2D eigenvalue weighted by atomic mass is 9.97. The van der Waals surface area contributed by atoms with Crippen molar-refractivity contribution in [3.05, 3.63) is 94.5 Å². The number of benzene rings is 2. The van der Waals surface area contributed by atoms with Gasteiger partial charge in [-0.1, -0.05) is 60.7 Å². The summed E-state index contributed by atoms with van der Waals surface area (Å²) in [4.78, 5) is 12.1. The van der Waals surface area contributed by atoms with E-state index in [2.05, 4.69) is 0 Å². The van der Waals surface area contributed by atoms with Crippen LogP contribution in [0.4, 0.5) is 0 Å². The van der Waals surface area contributed by atoms with E-state index in [1.165, 1.54) is 6.26 Å². The van der Waals surface area contributed by atoms with Crippen molar-refractivity contribution in [3.63, 3.8) is 0 Å². The molecule has 2 aromatic carbocycles. The zero-order valence-corrected chi connectivity index (χ0v) is 11.0. The highest BCUT2D eigenvalue weighted by atomic mass is 16.4. The van der Waals surface area contributed by atoms with Crippen molar-refractivity contribution < 1.29 is 4.42 Å². The number of hydrogen-bond acceptors (Lipinski definition) is 2. The second kappa shape index (κ2) is 5.57. The molecular weight excluding hydrogens is 248 g/mol. The molecule has 0 aliphatic rings. The highest BCUT2D eigenvalue weighted by Crippen LogP contribution is 2.23. The van der Waals surface area contributed by atoms with E-state index in [0.717, 1.165) is 16.7 Å². The Kier molecular flexibility index (Phi) is 3.46. The van der Waals surface area contributed by atoms with E-state index in [9.17, 15) is 4.79 Å². The third kappa shape index (κ3) is 2.54. The van der Waals surface area contributed by atoms with Gasteiger partial charge >= 0.3 is 5.63 Å². The predicted octanol–water partition coefficient (Wildman–Crippen LogP) is 3.90. The van der Waals surface area contributed by atoms with Gasteiger partial charge in [-0.2, -0.15) is 0 Å². The summed E-state index contributed by atoms with van der Waals surface area (Å²) in [7, 11) is 0. The minimum Gasteiger partial charge on any atom is -0.431 e. The van der Waals surface area contributed by atoms with E-state index in [1.807, 2.05) is 66.7 Å². The molecule has 0 amide bonds. The molecule has 0 aliphatic heterocycles. The molecule has 3 rings (SSSR count). The highest BCUT2D eigenvalue weighted by Gasteiger charge is 2.10. The summed E-state index contributed by atoms with van der Waals surface area (Å²) in [6, 6.07) is 21.7. The van der Waals surface area contributed by atoms with Crippen LogP contribution in [0.25, 0.3) is 11.1 Å². The molecule has 2 nitrogen and oxygen atoms in total. The van der Waals surface area contributed by atoms with Gasteiger partial charge in [0.15, 0.2) is 0 Å². The average Bonchev–Trinajstić information content (AvgIpc) is 2.51. The Morgan fingerprint density at radius 3 is 2.15 bits per heavy atom. The Morgan fingerprint density at radius 1 is 0.800 bits per heavy atom. The molecule has 0 aliphatic carbocycles. The first-order valence-electron chi connectivity index (χ1n) is 6.54. The maximum absolute atomic E-state index is 12.1. The zero-order chi connectivity index (χ0) is 13.8. The van der Waals surface area contributed by atoms with Crippen LogP contribution in [0.5, 0.6) is 0 Å². The maximum Gasteiger partial charge on any atom is 0.339 e. The molecule has 0 atom stereocenters. The standard InChI is InChI=1S/C18H14O2/c19-18-17(13-14-7-3-1-4-8-14)16(11-12-20-18)15-9-5-2-6-10-15/h1-12H,13H2. The fourth-order valence-corrected chi connectivity index (χ4v) is 2.30. The SMILES string of the molecule is O=c1occc(-c2ccccc2)c1Cc1ccccc1. The molecule has 0 saturated heterocycles. The molecular formula is C18H14O2. The lowest BCUT2D eigenvalue weighted by molar-refractivity contribution is 0.504. The molecule has 0 unspecified atom stereocenters. The van der Waals surface area contributed by atoms with Crippen LogP contribution in [0.3, 0.4) is 0 Å². The lowest BCUT2D eigenvalue weighted by Crippen LogP contribution is -2.09. The normalized spacial score (nSPS) is 10.4.